The van der Waals surface area contributed by atoms with Crippen LogP contribution in [0.4, 0.5) is 17.8 Å². The maximum atomic E-state index is 11.0. The van der Waals surface area contributed by atoms with Crippen LogP contribution in [0.3, 0.4) is 0 Å². The lowest BCUT2D eigenvalue weighted by atomic mass is 10.4. The highest BCUT2D eigenvalue weighted by molar-refractivity contribution is 7.84. The van der Waals surface area contributed by atoms with Gasteiger partial charge in [-0.15, -0.1) is 0 Å². The molecule has 112 valence electrons. The minimum atomic E-state index is -0.776. The summed E-state index contributed by atoms with van der Waals surface area (Å²) in [7, 11) is -0.776. The van der Waals surface area contributed by atoms with E-state index in [2.05, 4.69) is 20.3 Å². The predicted octanol–water partition coefficient (Wildman–Crippen LogP) is -0.529. The molecule has 0 bridgehead atoms. The van der Waals surface area contributed by atoms with Gasteiger partial charge in [0.2, 0.25) is 17.8 Å². The molecular formula is C11H20N6O2S. The lowest BCUT2D eigenvalue weighted by Crippen LogP contribution is -2.37. The van der Waals surface area contributed by atoms with Crippen molar-refractivity contribution >= 4 is 28.6 Å². The predicted molar refractivity (Wildman–Crippen MR) is 79.3 cm³/mol. The standard InChI is InChI=1S/C11H20N6O2S/c1-20(18)8-2-3-13-10-14-9(12)15-11(16-10)17-4-6-19-7-5-17/h2-8H2,1H3,(H3,12,13,14,15,16). The molecule has 1 aliphatic heterocycles. The first kappa shape index (κ1) is 14.9. The quantitative estimate of drug-likeness (QED) is 0.675. The van der Waals surface area contributed by atoms with Crippen molar-refractivity contribution in [1.29, 1.82) is 0 Å². The van der Waals surface area contributed by atoms with Crippen molar-refractivity contribution in [2.24, 2.45) is 0 Å². The van der Waals surface area contributed by atoms with Crippen LogP contribution in [-0.2, 0) is 15.5 Å². The number of nitrogens with one attached hydrogen (secondary N) is 1. The maximum Gasteiger partial charge on any atom is 0.232 e. The summed E-state index contributed by atoms with van der Waals surface area (Å²) in [5.74, 6) is 1.88. The largest absolute Gasteiger partial charge is 0.378 e. The van der Waals surface area contributed by atoms with Crippen LogP contribution in [0.5, 0.6) is 0 Å². The lowest BCUT2D eigenvalue weighted by molar-refractivity contribution is 0.122. The van der Waals surface area contributed by atoms with Gasteiger partial charge in [0.1, 0.15) is 0 Å². The first-order valence-corrected chi connectivity index (χ1v) is 8.26. The van der Waals surface area contributed by atoms with Gasteiger partial charge in [-0.1, -0.05) is 0 Å². The third-order valence-corrected chi connectivity index (χ3v) is 3.69. The molecule has 3 N–H and O–H groups in total. The molecule has 8 nitrogen and oxygen atoms in total. The Hall–Kier alpha value is -1.48. The van der Waals surface area contributed by atoms with E-state index in [-0.39, 0.29) is 5.95 Å². The van der Waals surface area contributed by atoms with Crippen LogP contribution in [0.2, 0.25) is 0 Å². The summed E-state index contributed by atoms with van der Waals surface area (Å²) in [6, 6.07) is 0. The highest BCUT2D eigenvalue weighted by atomic mass is 32.2. The number of hydrogen-bond donors (Lipinski definition) is 2. The molecule has 1 unspecified atom stereocenters. The molecule has 1 aromatic heterocycles. The molecule has 0 aromatic carbocycles. The Morgan fingerprint density at radius 3 is 2.80 bits per heavy atom. The molecule has 9 heteroatoms. The van der Waals surface area contributed by atoms with E-state index in [1.165, 1.54) is 0 Å². The number of rotatable bonds is 6. The Balaban J connectivity index is 1.95. The Bertz CT molecular complexity index is 466. The van der Waals surface area contributed by atoms with E-state index in [4.69, 9.17) is 10.5 Å². The summed E-state index contributed by atoms with van der Waals surface area (Å²) in [5.41, 5.74) is 5.71. The molecule has 0 saturated carbocycles. The average Bonchev–Trinajstić information content (AvgIpc) is 2.44. The molecular weight excluding hydrogens is 280 g/mol. The van der Waals surface area contributed by atoms with Crippen LogP contribution in [0.25, 0.3) is 0 Å². The Morgan fingerprint density at radius 1 is 1.35 bits per heavy atom. The van der Waals surface area contributed by atoms with Crippen LogP contribution >= 0.6 is 0 Å². The second kappa shape index (κ2) is 7.34. The summed E-state index contributed by atoms with van der Waals surface area (Å²) in [4.78, 5) is 14.6. The third kappa shape index (κ3) is 4.57. The minimum absolute atomic E-state index is 0.197. The number of nitrogens with two attached hydrogens (primary N) is 1. The topological polar surface area (TPSA) is 106 Å². The molecule has 0 aliphatic carbocycles. The molecule has 1 aliphatic rings. The Kier molecular flexibility index (Phi) is 5.48. The summed E-state index contributed by atoms with van der Waals surface area (Å²) < 4.78 is 16.3. The third-order valence-electron chi connectivity index (χ3n) is 2.83. The number of ether oxygens (including phenoxy) is 1. The number of morpholine rings is 1. The average molecular weight is 300 g/mol. The fraction of sp³-hybridized carbons (Fsp3) is 0.727. The maximum absolute atomic E-state index is 11.0. The van der Waals surface area contributed by atoms with Crippen molar-refractivity contribution in [1.82, 2.24) is 15.0 Å². The monoisotopic (exact) mass is 300 g/mol. The van der Waals surface area contributed by atoms with E-state index < -0.39 is 10.8 Å². The van der Waals surface area contributed by atoms with Crippen LogP contribution in [0, 0.1) is 0 Å². The van der Waals surface area contributed by atoms with Gasteiger partial charge in [-0.05, 0) is 6.42 Å². The highest BCUT2D eigenvalue weighted by Gasteiger charge is 2.15. The molecule has 1 aromatic rings. The Labute approximate surface area is 120 Å². The number of hydrogen-bond acceptors (Lipinski definition) is 8. The van der Waals surface area contributed by atoms with Gasteiger partial charge in [0.15, 0.2) is 0 Å². The first-order valence-electron chi connectivity index (χ1n) is 6.53. The lowest BCUT2D eigenvalue weighted by Gasteiger charge is -2.26. The molecule has 1 atom stereocenters. The minimum Gasteiger partial charge on any atom is -0.378 e. The van der Waals surface area contributed by atoms with Gasteiger partial charge in [0.25, 0.3) is 0 Å². The second-order valence-corrected chi connectivity index (χ2v) is 6.03. The van der Waals surface area contributed by atoms with Crippen molar-refractivity contribution in [3.05, 3.63) is 0 Å². The van der Waals surface area contributed by atoms with E-state index in [9.17, 15) is 4.21 Å². The van der Waals surface area contributed by atoms with Gasteiger partial charge in [-0.3, -0.25) is 4.21 Å². The van der Waals surface area contributed by atoms with Crippen molar-refractivity contribution in [3.63, 3.8) is 0 Å². The van der Waals surface area contributed by atoms with Gasteiger partial charge in [-0.25, -0.2) is 0 Å². The van der Waals surface area contributed by atoms with Crippen molar-refractivity contribution in [2.75, 3.05) is 60.8 Å². The molecule has 0 radical (unpaired) electrons. The van der Waals surface area contributed by atoms with Crippen LogP contribution < -0.4 is 16.0 Å². The molecule has 0 spiro atoms. The van der Waals surface area contributed by atoms with Crippen LogP contribution in [-0.4, -0.2) is 64.0 Å². The first-order chi connectivity index (χ1) is 9.65. The zero-order chi connectivity index (χ0) is 14.4. The fourth-order valence-corrected chi connectivity index (χ4v) is 2.39. The molecule has 0 amide bonds. The highest BCUT2D eigenvalue weighted by Crippen LogP contribution is 2.13. The molecule has 2 rings (SSSR count). The van der Waals surface area contributed by atoms with E-state index in [0.29, 0.717) is 37.4 Å². The van der Waals surface area contributed by atoms with Crippen LogP contribution in [0.15, 0.2) is 0 Å². The summed E-state index contributed by atoms with van der Waals surface area (Å²) >= 11 is 0. The zero-order valence-corrected chi connectivity index (χ0v) is 12.4. The molecule has 2 heterocycles. The van der Waals surface area contributed by atoms with Gasteiger partial charge < -0.3 is 20.7 Å². The van der Waals surface area contributed by atoms with Crippen molar-refractivity contribution < 1.29 is 8.95 Å². The van der Waals surface area contributed by atoms with Crippen molar-refractivity contribution in [3.8, 4) is 0 Å². The van der Waals surface area contributed by atoms with E-state index in [1.54, 1.807) is 6.26 Å². The molecule has 20 heavy (non-hydrogen) atoms. The summed E-state index contributed by atoms with van der Waals surface area (Å²) in [6.45, 7) is 3.48. The molecule has 1 fully saturated rings. The van der Waals surface area contributed by atoms with E-state index in [0.717, 1.165) is 19.5 Å². The van der Waals surface area contributed by atoms with Gasteiger partial charge in [0, 0.05) is 42.4 Å². The number of nitrogens with zero attached hydrogens (tertiary/aromatic N) is 4. The van der Waals surface area contributed by atoms with E-state index in [1.807, 2.05) is 4.90 Å². The van der Waals surface area contributed by atoms with Crippen LogP contribution in [0.1, 0.15) is 6.42 Å². The molecule has 1 saturated heterocycles. The second-order valence-electron chi connectivity index (χ2n) is 4.47. The summed E-state index contributed by atoms with van der Waals surface area (Å²) in [6.07, 6.45) is 2.49. The number of anilines is 3. The number of nitrogen functional groups attached to an aromatic ring is 1. The van der Waals surface area contributed by atoms with E-state index >= 15 is 0 Å². The normalized spacial score (nSPS) is 16.9. The SMILES string of the molecule is CS(=O)CCCNc1nc(N)nc(N2CCOCC2)n1. The smallest absolute Gasteiger partial charge is 0.232 e. The number of aromatic nitrogens is 3. The summed E-state index contributed by atoms with van der Waals surface area (Å²) in [5, 5.41) is 3.09. The van der Waals surface area contributed by atoms with Gasteiger partial charge >= 0.3 is 0 Å². The van der Waals surface area contributed by atoms with Gasteiger partial charge in [-0.2, -0.15) is 15.0 Å². The zero-order valence-electron chi connectivity index (χ0n) is 11.5. The Morgan fingerprint density at radius 2 is 2.10 bits per heavy atom. The van der Waals surface area contributed by atoms with Gasteiger partial charge in [0.05, 0.1) is 13.2 Å². The fourth-order valence-electron chi connectivity index (χ4n) is 1.84. The van der Waals surface area contributed by atoms with Crippen molar-refractivity contribution in [2.45, 2.75) is 6.42 Å².